The zero-order valence-corrected chi connectivity index (χ0v) is 12.8. The van der Waals surface area contributed by atoms with E-state index >= 15 is 0 Å². The Labute approximate surface area is 127 Å². The van der Waals surface area contributed by atoms with Crippen LogP contribution in [0.2, 0.25) is 0 Å². The number of hydrogen-bond donors (Lipinski definition) is 0. The third-order valence-electron chi connectivity index (χ3n) is 4.80. The van der Waals surface area contributed by atoms with E-state index in [0.29, 0.717) is 12.5 Å². The monoisotopic (exact) mass is 287 g/mol. The second kappa shape index (κ2) is 6.61. The number of nitrogens with zero attached hydrogens (tertiary/aromatic N) is 1. The van der Waals surface area contributed by atoms with Crippen molar-refractivity contribution in [2.24, 2.45) is 5.92 Å². The van der Waals surface area contributed by atoms with Gasteiger partial charge in [-0.05, 0) is 25.3 Å². The fourth-order valence-electron chi connectivity index (χ4n) is 3.53. The number of hydrogen-bond acceptors (Lipinski definition) is 2. The van der Waals surface area contributed by atoms with E-state index in [4.69, 9.17) is 4.74 Å². The molecule has 1 aliphatic heterocycles. The molecule has 1 aromatic rings. The summed E-state index contributed by atoms with van der Waals surface area (Å²) >= 11 is 0. The molecule has 0 N–H and O–H groups in total. The molecule has 0 aromatic heterocycles. The largest absolute Gasteiger partial charge is 0.374 e. The van der Waals surface area contributed by atoms with Gasteiger partial charge in [-0.2, -0.15) is 0 Å². The van der Waals surface area contributed by atoms with Gasteiger partial charge in [0.25, 0.3) is 0 Å². The van der Waals surface area contributed by atoms with Gasteiger partial charge >= 0.3 is 0 Å². The highest BCUT2D eigenvalue weighted by molar-refractivity contribution is 5.79. The average Bonchev–Trinajstić information content (AvgIpc) is 3.04. The highest BCUT2D eigenvalue weighted by atomic mass is 16.5. The first-order chi connectivity index (χ1) is 10.2. The van der Waals surface area contributed by atoms with E-state index < -0.39 is 0 Å². The predicted octanol–water partition coefficient (Wildman–Crippen LogP) is 3.04. The number of carbonyl (C=O) groups is 1. The quantitative estimate of drug-likeness (QED) is 0.855. The van der Waals surface area contributed by atoms with Gasteiger partial charge in [-0.3, -0.25) is 4.79 Å². The Kier molecular flexibility index (Phi) is 4.59. The van der Waals surface area contributed by atoms with Gasteiger partial charge in [0.1, 0.15) is 0 Å². The summed E-state index contributed by atoms with van der Waals surface area (Å²) in [6.45, 7) is 3.51. The van der Waals surface area contributed by atoms with E-state index in [2.05, 4.69) is 36.1 Å². The molecule has 21 heavy (non-hydrogen) atoms. The Bertz CT molecular complexity index is 467. The van der Waals surface area contributed by atoms with E-state index in [1.54, 1.807) is 0 Å². The molecule has 0 spiro atoms. The van der Waals surface area contributed by atoms with Gasteiger partial charge in [-0.1, -0.05) is 43.2 Å². The third-order valence-corrected chi connectivity index (χ3v) is 4.80. The maximum absolute atomic E-state index is 12.7. The molecule has 2 aliphatic rings. The van der Waals surface area contributed by atoms with Crippen molar-refractivity contribution in [1.29, 1.82) is 0 Å². The summed E-state index contributed by atoms with van der Waals surface area (Å²) in [5.74, 6) is 0.629. The Balaban J connectivity index is 1.62. The summed E-state index contributed by atoms with van der Waals surface area (Å²) < 4.78 is 5.94. The molecule has 1 amide bonds. The molecular formula is C18H25NO2. The summed E-state index contributed by atoms with van der Waals surface area (Å²) in [5.41, 5.74) is 1.28. The number of ether oxygens (including phenoxy) is 1. The van der Waals surface area contributed by atoms with Crippen LogP contribution in [-0.4, -0.2) is 36.1 Å². The van der Waals surface area contributed by atoms with Crippen LogP contribution in [0.25, 0.3) is 0 Å². The van der Waals surface area contributed by atoms with Crippen molar-refractivity contribution in [3.05, 3.63) is 35.9 Å². The van der Waals surface area contributed by atoms with Gasteiger partial charge in [-0.25, -0.2) is 0 Å². The van der Waals surface area contributed by atoms with E-state index in [9.17, 15) is 4.79 Å². The first-order valence-corrected chi connectivity index (χ1v) is 8.20. The molecule has 114 valence electrons. The minimum absolute atomic E-state index is 0.133. The molecule has 2 fully saturated rings. The van der Waals surface area contributed by atoms with Crippen LogP contribution in [0.4, 0.5) is 0 Å². The molecule has 3 nitrogen and oxygen atoms in total. The van der Waals surface area contributed by atoms with Crippen LogP contribution in [0, 0.1) is 5.92 Å². The minimum Gasteiger partial charge on any atom is -0.374 e. The van der Waals surface area contributed by atoms with Crippen molar-refractivity contribution in [1.82, 2.24) is 4.90 Å². The third kappa shape index (κ3) is 3.46. The Morgan fingerprint density at radius 3 is 2.67 bits per heavy atom. The van der Waals surface area contributed by atoms with Crippen molar-refractivity contribution in [3.63, 3.8) is 0 Å². The van der Waals surface area contributed by atoms with Crippen molar-refractivity contribution in [3.8, 4) is 0 Å². The van der Waals surface area contributed by atoms with Crippen molar-refractivity contribution in [2.45, 2.75) is 51.2 Å². The smallest absolute Gasteiger partial charge is 0.226 e. The van der Waals surface area contributed by atoms with Crippen LogP contribution >= 0.6 is 0 Å². The van der Waals surface area contributed by atoms with E-state index in [-0.39, 0.29) is 18.1 Å². The summed E-state index contributed by atoms with van der Waals surface area (Å²) in [5, 5.41) is 0. The fraction of sp³-hybridized carbons (Fsp3) is 0.611. The lowest BCUT2D eigenvalue weighted by molar-refractivity contribution is -0.148. The molecular weight excluding hydrogens is 262 g/mol. The molecule has 0 radical (unpaired) electrons. The molecule has 1 heterocycles. The van der Waals surface area contributed by atoms with Crippen molar-refractivity contribution in [2.75, 3.05) is 13.2 Å². The average molecular weight is 287 g/mol. The van der Waals surface area contributed by atoms with Crippen LogP contribution < -0.4 is 0 Å². The number of morpholine rings is 1. The van der Waals surface area contributed by atoms with E-state index in [1.165, 1.54) is 18.4 Å². The first kappa shape index (κ1) is 14.6. The summed E-state index contributed by atoms with van der Waals surface area (Å²) in [4.78, 5) is 14.8. The van der Waals surface area contributed by atoms with Crippen LogP contribution in [-0.2, 0) is 16.0 Å². The molecule has 0 bridgehead atoms. The first-order valence-electron chi connectivity index (χ1n) is 8.20. The normalized spacial score (nSPS) is 27.0. The lowest BCUT2D eigenvalue weighted by Gasteiger charge is -2.39. The second-order valence-electron chi connectivity index (χ2n) is 6.47. The Morgan fingerprint density at radius 1 is 1.24 bits per heavy atom. The second-order valence-corrected chi connectivity index (χ2v) is 6.47. The SMILES string of the molecule is CC1COC(Cc2ccccc2)CN1C(=O)C1CCCC1. The molecule has 1 aromatic carbocycles. The van der Waals surface area contributed by atoms with Crippen LogP contribution in [0.3, 0.4) is 0 Å². The van der Waals surface area contributed by atoms with Gasteiger partial charge in [0.2, 0.25) is 5.91 Å². The van der Waals surface area contributed by atoms with Gasteiger partial charge in [0, 0.05) is 18.9 Å². The Hall–Kier alpha value is -1.35. The van der Waals surface area contributed by atoms with Crippen LogP contribution in [0.1, 0.15) is 38.2 Å². The number of carbonyl (C=O) groups excluding carboxylic acids is 1. The lowest BCUT2D eigenvalue weighted by Crippen LogP contribution is -2.53. The van der Waals surface area contributed by atoms with E-state index in [0.717, 1.165) is 25.8 Å². The predicted molar refractivity (Wildman–Crippen MR) is 83.0 cm³/mol. The van der Waals surface area contributed by atoms with Gasteiger partial charge < -0.3 is 9.64 Å². The minimum atomic E-state index is 0.133. The fourth-order valence-corrected chi connectivity index (χ4v) is 3.53. The van der Waals surface area contributed by atoms with Crippen LogP contribution in [0.15, 0.2) is 30.3 Å². The standard InChI is InChI=1S/C18H25NO2/c1-14-13-21-17(11-15-7-3-2-4-8-15)12-19(14)18(20)16-9-5-6-10-16/h2-4,7-8,14,16-17H,5-6,9-13H2,1H3. The Morgan fingerprint density at radius 2 is 1.95 bits per heavy atom. The lowest BCUT2D eigenvalue weighted by atomic mass is 10.0. The molecule has 1 aliphatic carbocycles. The van der Waals surface area contributed by atoms with Gasteiger partial charge in [0.05, 0.1) is 18.8 Å². The highest BCUT2D eigenvalue weighted by Crippen LogP contribution is 2.28. The van der Waals surface area contributed by atoms with E-state index in [1.807, 2.05) is 6.07 Å². The molecule has 2 unspecified atom stereocenters. The zero-order chi connectivity index (χ0) is 14.7. The van der Waals surface area contributed by atoms with Gasteiger partial charge in [-0.15, -0.1) is 0 Å². The van der Waals surface area contributed by atoms with Gasteiger partial charge in [0.15, 0.2) is 0 Å². The maximum Gasteiger partial charge on any atom is 0.226 e. The topological polar surface area (TPSA) is 29.5 Å². The highest BCUT2D eigenvalue weighted by Gasteiger charge is 2.34. The van der Waals surface area contributed by atoms with Crippen LogP contribution in [0.5, 0.6) is 0 Å². The molecule has 3 rings (SSSR count). The summed E-state index contributed by atoms with van der Waals surface area (Å²) in [6.07, 6.45) is 5.60. The van der Waals surface area contributed by atoms with Crippen molar-refractivity contribution < 1.29 is 9.53 Å². The zero-order valence-electron chi connectivity index (χ0n) is 12.8. The molecule has 1 saturated heterocycles. The maximum atomic E-state index is 12.7. The van der Waals surface area contributed by atoms with Crippen molar-refractivity contribution >= 4 is 5.91 Å². The number of rotatable bonds is 3. The number of amides is 1. The molecule has 2 atom stereocenters. The molecule has 3 heteroatoms. The summed E-state index contributed by atoms with van der Waals surface area (Å²) in [7, 11) is 0. The molecule has 1 saturated carbocycles. The summed E-state index contributed by atoms with van der Waals surface area (Å²) in [6, 6.07) is 10.6. The number of benzene rings is 1.